The van der Waals surface area contributed by atoms with Crippen molar-refractivity contribution in [3.05, 3.63) is 41.0 Å². The lowest BCUT2D eigenvalue weighted by atomic mass is 9.99. The molecule has 0 spiro atoms. The van der Waals surface area contributed by atoms with E-state index in [9.17, 15) is 4.79 Å². The van der Waals surface area contributed by atoms with E-state index in [0.29, 0.717) is 6.42 Å². The van der Waals surface area contributed by atoms with Crippen molar-refractivity contribution in [2.75, 3.05) is 5.32 Å². The summed E-state index contributed by atoms with van der Waals surface area (Å²) >= 11 is 0. The number of aromatic nitrogens is 4. The topological polar surface area (TPSA) is 75.6 Å². The molecule has 3 aromatic rings. The Labute approximate surface area is 160 Å². The van der Waals surface area contributed by atoms with Gasteiger partial charge in [-0.1, -0.05) is 20.3 Å². The van der Waals surface area contributed by atoms with Crippen LogP contribution in [-0.4, -0.2) is 25.7 Å². The number of unbranched alkanes of at least 4 members (excludes halogenated alkanes) is 1. The molecule has 0 aliphatic heterocycles. The van der Waals surface area contributed by atoms with E-state index in [-0.39, 0.29) is 11.8 Å². The summed E-state index contributed by atoms with van der Waals surface area (Å²) < 4.78 is 1.87. The molecule has 6 nitrogen and oxygen atoms in total. The molecule has 2 N–H and O–H groups in total. The number of benzene rings is 1. The second-order valence-corrected chi connectivity index (χ2v) is 7.39. The number of aromatic amines is 1. The lowest BCUT2D eigenvalue weighted by molar-refractivity contribution is -0.119. The van der Waals surface area contributed by atoms with Gasteiger partial charge in [-0.2, -0.15) is 5.10 Å². The molecule has 144 valence electrons. The average molecular weight is 367 g/mol. The van der Waals surface area contributed by atoms with Crippen LogP contribution in [0.2, 0.25) is 0 Å². The van der Waals surface area contributed by atoms with Crippen molar-refractivity contribution >= 4 is 22.6 Å². The van der Waals surface area contributed by atoms with Crippen molar-refractivity contribution in [3.63, 3.8) is 0 Å². The third kappa shape index (κ3) is 4.21. The Hall–Kier alpha value is -2.63. The summed E-state index contributed by atoms with van der Waals surface area (Å²) in [6.07, 6.45) is 3.90. The second kappa shape index (κ2) is 7.94. The standard InChI is InChI=1S/C21H29N5O/c1-6-7-8-20-23-18-10-9-16(12-19(18)24-20)22-21(27)13(2)11-17-14(3)25-26(5)15(17)4/h9-10,12-13H,6-8,11H2,1-5H3,(H,22,27)(H,23,24). The van der Waals surface area contributed by atoms with E-state index < -0.39 is 0 Å². The fourth-order valence-electron chi connectivity index (χ4n) is 3.38. The number of anilines is 1. The lowest BCUT2D eigenvalue weighted by Gasteiger charge is -2.12. The van der Waals surface area contributed by atoms with E-state index >= 15 is 0 Å². The van der Waals surface area contributed by atoms with Crippen molar-refractivity contribution < 1.29 is 4.79 Å². The smallest absolute Gasteiger partial charge is 0.227 e. The van der Waals surface area contributed by atoms with E-state index in [2.05, 4.69) is 27.3 Å². The predicted molar refractivity (Wildman–Crippen MR) is 109 cm³/mol. The molecule has 0 bridgehead atoms. The van der Waals surface area contributed by atoms with Gasteiger partial charge < -0.3 is 10.3 Å². The number of fused-ring (bicyclic) bond motifs is 1. The Bertz CT molecular complexity index is 953. The molecule has 6 heteroatoms. The fraction of sp³-hybridized carbons (Fsp3) is 0.476. The third-order valence-electron chi connectivity index (χ3n) is 5.18. The number of hydrogen-bond donors (Lipinski definition) is 2. The monoisotopic (exact) mass is 367 g/mol. The van der Waals surface area contributed by atoms with E-state index in [0.717, 1.165) is 58.8 Å². The first-order valence-electron chi connectivity index (χ1n) is 9.67. The molecule has 0 saturated heterocycles. The number of rotatable bonds is 7. The molecular formula is C21H29N5O. The van der Waals surface area contributed by atoms with Crippen molar-refractivity contribution in [1.82, 2.24) is 19.7 Å². The number of hydrogen-bond acceptors (Lipinski definition) is 3. The van der Waals surface area contributed by atoms with Gasteiger partial charge in [0.15, 0.2) is 0 Å². The Morgan fingerprint density at radius 1 is 1.33 bits per heavy atom. The van der Waals surface area contributed by atoms with Crippen LogP contribution >= 0.6 is 0 Å². The van der Waals surface area contributed by atoms with Gasteiger partial charge in [-0.25, -0.2) is 4.98 Å². The SMILES string of the molecule is CCCCc1nc2ccc(NC(=O)C(C)Cc3c(C)nn(C)c3C)cc2[nH]1. The quantitative estimate of drug-likeness (QED) is 0.661. The van der Waals surface area contributed by atoms with Crippen molar-refractivity contribution in [2.45, 2.75) is 53.4 Å². The molecule has 0 aliphatic rings. The van der Waals surface area contributed by atoms with Gasteiger partial charge >= 0.3 is 0 Å². The Morgan fingerprint density at radius 3 is 2.78 bits per heavy atom. The zero-order valence-electron chi connectivity index (χ0n) is 16.9. The number of nitrogens with one attached hydrogen (secondary N) is 2. The molecule has 3 rings (SSSR count). The minimum absolute atomic E-state index is 0.0164. The maximum atomic E-state index is 12.7. The van der Waals surface area contributed by atoms with E-state index in [4.69, 9.17) is 0 Å². The predicted octanol–water partition coefficient (Wildman–Crippen LogP) is 4.07. The lowest BCUT2D eigenvalue weighted by Crippen LogP contribution is -2.22. The van der Waals surface area contributed by atoms with Crippen LogP contribution in [0.25, 0.3) is 11.0 Å². The van der Waals surface area contributed by atoms with Gasteiger partial charge in [0, 0.05) is 30.8 Å². The average Bonchev–Trinajstić information content (AvgIpc) is 3.14. The van der Waals surface area contributed by atoms with Gasteiger partial charge in [0.2, 0.25) is 5.91 Å². The van der Waals surface area contributed by atoms with Crippen molar-refractivity contribution in [2.24, 2.45) is 13.0 Å². The van der Waals surface area contributed by atoms with Crippen LogP contribution in [0.5, 0.6) is 0 Å². The van der Waals surface area contributed by atoms with E-state index in [1.807, 2.05) is 50.7 Å². The number of aryl methyl sites for hydroxylation is 3. The summed E-state index contributed by atoms with van der Waals surface area (Å²) in [6.45, 7) is 8.17. The first kappa shape index (κ1) is 19.1. The first-order chi connectivity index (χ1) is 12.9. The van der Waals surface area contributed by atoms with Crippen LogP contribution < -0.4 is 5.32 Å². The Morgan fingerprint density at radius 2 is 2.11 bits per heavy atom. The van der Waals surface area contributed by atoms with Crippen LogP contribution in [0, 0.1) is 19.8 Å². The summed E-state index contributed by atoms with van der Waals surface area (Å²) in [5.74, 6) is 0.887. The third-order valence-corrected chi connectivity index (χ3v) is 5.18. The zero-order chi connectivity index (χ0) is 19.6. The van der Waals surface area contributed by atoms with Crippen LogP contribution in [0.3, 0.4) is 0 Å². The van der Waals surface area contributed by atoms with E-state index in [1.165, 1.54) is 0 Å². The fourth-order valence-corrected chi connectivity index (χ4v) is 3.38. The van der Waals surface area contributed by atoms with E-state index in [1.54, 1.807) is 0 Å². The van der Waals surface area contributed by atoms with Crippen molar-refractivity contribution in [1.29, 1.82) is 0 Å². The number of amides is 1. The maximum absolute atomic E-state index is 12.7. The molecule has 1 aromatic carbocycles. The molecular weight excluding hydrogens is 338 g/mol. The van der Waals surface area contributed by atoms with Gasteiger partial charge in [0.25, 0.3) is 0 Å². The van der Waals surface area contributed by atoms with Crippen LogP contribution in [0.15, 0.2) is 18.2 Å². The molecule has 1 amide bonds. The number of H-pyrrole nitrogens is 1. The maximum Gasteiger partial charge on any atom is 0.227 e. The Kier molecular flexibility index (Phi) is 5.63. The summed E-state index contributed by atoms with van der Waals surface area (Å²) in [7, 11) is 1.94. The largest absolute Gasteiger partial charge is 0.342 e. The summed E-state index contributed by atoms with van der Waals surface area (Å²) in [5.41, 5.74) is 5.97. The normalized spacial score (nSPS) is 12.5. The molecule has 0 saturated carbocycles. The number of imidazole rings is 1. The summed E-state index contributed by atoms with van der Waals surface area (Å²) in [4.78, 5) is 20.6. The number of nitrogens with zero attached hydrogens (tertiary/aromatic N) is 3. The van der Waals surface area contributed by atoms with Crippen LogP contribution in [0.4, 0.5) is 5.69 Å². The highest BCUT2D eigenvalue weighted by atomic mass is 16.1. The Balaban J connectivity index is 1.69. The molecule has 1 atom stereocenters. The highest BCUT2D eigenvalue weighted by molar-refractivity contribution is 5.94. The van der Waals surface area contributed by atoms with Crippen LogP contribution in [-0.2, 0) is 24.7 Å². The molecule has 0 fully saturated rings. The molecule has 27 heavy (non-hydrogen) atoms. The summed E-state index contributed by atoms with van der Waals surface area (Å²) in [5, 5.41) is 7.48. The highest BCUT2D eigenvalue weighted by Crippen LogP contribution is 2.21. The minimum atomic E-state index is -0.135. The van der Waals surface area contributed by atoms with Gasteiger partial charge in [-0.3, -0.25) is 9.48 Å². The van der Waals surface area contributed by atoms with Gasteiger partial charge in [-0.15, -0.1) is 0 Å². The van der Waals surface area contributed by atoms with Gasteiger partial charge in [0.05, 0.1) is 16.7 Å². The molecule has 2 aromatic heterocycles. The molecule has 2 heterocycles. The zero-order valence-corrected chi connectivity index (χ0v) is 16.9. The highest BCUT2D eigenvalue weighted by Gasteiger charge is 2.19. The second-order valence-electron chi connectivity index (χ2n) is 7.39. The molecule has 0 aliphatic carbocycles. The van der Waals surface area contributed by atoms with Gasteiger partial charge in [0.1, 0.15) is 5.82 Å². The molecule has 1 unspecified atom stereocenters. The van der Waals surface area contributed by atoms with Gasteiger partial charge in [-0.05, 0) is 50.5 Å². The minimum Gasteiger partial charge on any atom is -0.342 e. The summed E-state index contributed by atoms with van der Waals surface area (Å²) in [6, 6.07) is 5.83. The molecule has 0 radical (unpaired) electrons. The number of carbonyl (C=O) groups excluding carboxylic acids is 1. The van der Waals surface area contributed by atoms with Crippen molar-refractivity contribution in [3.8, 4) is 0 Å². The number of carbonyl (C=O) groups is 1. The van der Waals surface area contributed by atoms with Crippen LogP contribution in [0.1, 0.15) is 49.5 Å². The first-order valence-corrected chi connectivity index (χ1v) is 9.67.